The lowest BCUT2D eigenvalue weighted by molar-refractivity contribution is -0.140. The number of piperidine rings is 2. The number of halogens is 4. The summed E-state index contributed by atoms with van der Waals surface area (Å²) in [5, 5.41) is 8.27. The second-order valence-corrected chi connectivity index (χ2v) is 9.24. The Balaban J connectivity index is 0.00000341. The zero-order valence-electron chi connectivity index (χ0n) is 18.3. The van der Waals surface area contributed by atoms with Gasteiger partial charge in [-0.15, -0.1) is 35.3 Å². The lowest BCUT2D eigenvalue weighted by atomic mass is 9.84. The Labute approximate surface area is 204 Å². The summed E-state index contributed by atoms with van der Waals surface area (Å²) in [5.41, 5.74) is -0.669. The molecule has 31 heavy (non-hydrogen) atoms. The largest absolute Gasteiger partial charge is 0.434 e. The number of rotatable bonds is 6. The van der Waals surface area contributed by atoms with Crippen LogP contribution in [-0.4, -0.2) is 79.6 Å². The molecule has 0 bridgehead atoms. The summed E-state index contributed by atoms with van der Waals surface area (Å²) in [6, 6.07) is 0. The van der Waals surface area contributed by atoms with Gasteiger partial charge in [-0.3, -0.25) is 9.89 Å². The second-order valence-electron chi connectivity index (χ2n) is 8.30. The molecule has 11 heteroatoms. The number of nitrogens with zero attached hydrogens (tertiary/aromatic N) is 4. The van der Waals surface area contributed by atoms with Gasteiger partial charge in [0.05, 0.1) is 5.01 Å². The predicted molar refractivity (Wildman–Crippen MR) is 130 cm³/mol. The van der Waals surface area contributed by atoms with E-state index >= 15 is 0 Å². The maximum Gasteiger partial charge on any atom is 0.434 e. The minimum absolute atomic E-state index is 0. The standard InChI is InChI=1S/C20H33F3N6S.HI/c1-24-18(25-9-6-17-27-16(14-30-17)20(21,22)23)26-15-19(7-12-28(2)13-8-19)29-10-4-3-5-11-29;/h14H,3-13,15H2,1-2H3,(H2,24,25,26);1H. The van der Waals surface area contributed by atoms with E-state index < -0.39 is 11.9 Å². The number of hydrogen-bond acceptors (Lipinski definition) is 5. The molecule has 6 nitrogen and oxygen atoms in total. The summed E-state index contributed by atoms with van der Waals surface area (Å²) in [6.07, 6.45) is 2.16. The van der Waals surface area contributed by atoms with E-state index in [2.05, 4.69) is 37.5 Å². The van der Waals surface area contributed by atoms with Gasteiger partial charge in [0.2, 0.25) is 0 Å². The molecule has 0 saturated carbocycles. The highest BCUT2D eigenvalue weighted by atomic mass is 127. The fourth-order valence-corrected chi connectivity index (χ4v) is 5.13. The van der Waals surface area contributed by atoms with Gasteiger partial charge >= 0.3 is 6.18 Å². The average molecular weight is 574 g/mol. The third-order valence-electron chi connectivity index (χ3n) is 6.23. The summed E-state index contributed by atoms with van der Waals surface area (Å²) < 4.78 is 38.1. The van der Waals surface area contributed by atoms with Crippen molar-refractivity contribution in [1.29, 1.82) is 0 Å². The van der Waals surface area contributed by atoms with Crippen molar-refractivity contribution in [2.45, 2.75) is 50.2 Å². The van der Waals surface area contributed by atoms with Gasteiger partial charge in [0.15, 0.2) is 11.7 Å². The summed E-state index contributed by atoms with van der Waals surface area (Å²) in [5.74, 6) is 0.693. The van der Waals surface area contributed by atoms with E-state index in [-0.39, 0.29) is 29.5 Å². The highest BCUT2D eigenvalue weighted by Crippen LogP contribution is 2.31. The molecular weight excluding hydrogens is 540 g/mol. The molecule has 2 N–H and O–H groups in total. The molecule has 3 heterocycles. The number of hydrogen-bond donors (Lipinski definition) is 2. The Morgan fingerprint density at radius 2 is 1.84 bits per heavy atom. The molecule has 2 aliphatic rings. The van der Waals surface area contributed by atoms with Crippen LogP contribution in [0.25, 0.3) is 0 Å². The summed E-state index contributed by atoms with van der Waals surface area (Å²) in [7, 11) is 3.90. The Morgan fingerprint density at radius 1 is 1.16 bits per heavy atom. The third-order valence-corrected chi connectivity index (χ3v) is 7.14. The van der Waals surface area contributed by atoms with Gasteiger partial charge in [-0.2, -0.15) is 13.2 Å². The molecule has 0 spiro atoms. The molecule has 0 unspecified atom stereocenters. The van der Waals surface area contributed by atoms with Crippen LogP contribution in [0.15, 0.2) is 10.4 Å². The van der Waals surface area contributed by atoms with Crippen LogP contribution in [0.4, 0.5) is 13.2 Å². The smallest absolute Gasteiger partial charge is 0.356 e. The van der Waals surface area contributed by atoms with Crippen molar-refractivity contribution in [2.75, 3.05) is 53.4 Å². The predicted octanol–water partition coefficient (Wildman–Crippen LogP) is 3.44. The topological polar surface area (TPSA) is 55.8 Å². The van der Waals surface area contributed by atoms with E-state index in [9.17, 15) is 13.2 Å². The lowest BCUT2D eigenvalue weighted by Gasteiger charge is -2.50. The van der Waals surface area contributed by atoms with E-state index in [1.165, 1.54) is 19.3 Å². The average Bonchev–Trinajstić information content (AvgIpc) is 3.22. The fourth-order valence-electron chi connectivity index (χ4n) is 4.32. The number of thiazole rings is 1. The molecule has 0 amide bonds. The minimum atomic E-state index is -4.38. The van der Waals surface area contributed by atoms with Crippen molar-refractivity contribution < 1.29 is 13.2 Å². The van der Waals surface area contributed by atoms with Crippen LogP contribution in [0.3, 0.4) is 0 Å². The molecule has 1 aromatic heterocycles. The van der Waals surface area contributed by atoms with Gasteiger partial charge in [0, 0.05) is 37.5 Å². The van der Waals surface area contributed by atoms with Crippen molar-refractivity contribution in [1.82, 2.24) is 25.4 Å². The monoisotopic (exact) mass is 574 g/mol. The number of nitrogens with one attached hydrogen (secondary N) is 2. The lowest BCUT2D eigenvalue weighted by Crippen LogP contribution is -2.62. The summed E-state index contributed by atoms with van der Waals surface area (Å²) in [4.78, 5) is 13.0. The highest BCUT2D eigenvalue weighted by Gasteiger charge is 2.39. The zero-order chi connectivity index (χ0) is 21.6. The first-order chi connectivity index (χ1) is 14.3. The fraction of sp³-hybridized carbons (Fsp3) is 0.800. The van der Waals surface area contributed by atoms with Gasteiger partial charge < -0.3 is 15.5 Å². The first kappa shape index (κ1) is 26.6. The minimum Gasteiger partial charge on any atom is -0.356 e. The van der Waals surface area contributed by atoms with E-state index in [4.69, 9.17) is 0 Å². The number of likely N-dealkylation sites (tertiary alicyclic amines) is 2. The third kappa shape index (κ3) is 7.43. The molecule has 0 atom stereocenters. The van der Waals surface area contributed by atoms with Crippen molar-refractivity contribution in [3.05, 3.63) is 16.1 Å². The van der Waals surface area contributed by atoms with Crippen molar-refractivity contribution in [2.24, 2.45) is 4.99 Å². The first-order valence-electron chi connectivity index (χ1n) is 10.7. The molecule has 2 fully saturated rings. The number of aliphatic imine (C=N–C) groups is 1. The van der Waals surface area contributed by atoms with E-state index in [1.54, 1.807) is 7.05 Å². The van der Waals surface area contributed by atoms with Crippen LogP contribution < -0.4 is 10.6 Å². The van der Waals surface area contributed by atoms with Crippen LogP contribution in [0.5, 0.6) is 0 Å². The Kier molecular flexibility index (Phi) is 10.3. The van der Waals surface area contributed by atoms with Crippen LogP contribution >= 0.6 is 35.3 Å². The van der Waals surface area contributed by atoms with Crippen LogP contribution in [0.1, 0.15) is 42.8 Å². The second kappa shape index (κ2) is 12.0. The SMILES string of the molecule is CN=C(NCCc1nc(C(F)(F)F)cs1)NCC1(N2CCCCC2)CCN(C)CC1.I. The van der Waals surface area contributed by atoms with E-state index in [1.807, 2.05) is 0 Å². The zero-order valence-corrected chi connectivity index (χ0v) is 21.4. The van der Waals surface area contributed by atoms with Gasteiger partial charge in [0.25, 0.3) is 0 Å². The van der Waals surface area contributed by atoms with E-state index in [0.29, 0.717) is 23.9 Å². The number of aromatic nitrogens is 1. The molecule has 3 rings (SSSR count). The first-order valence-corrected chi connectivity index (χ1v) is 11.6. The van der Waals surface area contributed by atoms with Gasteiger partial charge in [-0.1, -0.05) is 6.42 Å². The van der Waals surface area contributed by atoms with Gasteiger partial charge in [-0.25, -0.2) is 4.98 Å². The molecular formula is C20H34F3IN6S. The summed E-state index contributed by atoms with van der Waals surface area (Å²) >= 11 is 1.05. The van der Waals surface area contributed by atoms with Gasteiger partial charge in [-0.05, 0) is 58.9 Å². The molecule has 0 aliphatic carbocycles. The van der Waals surface area contributed by atoms with Gasteiger partial charge in [0.1, 0.15) is 0 Å². The Bertz CT molecular complexity index is 697. The normalized spacial score (nSPS) is 20.9. The van der Waals surface area contributed by atoms with Crippen LogP contribution in [0.2, 0.25) is 0 Å². The van der Waals surface area contributed by atoms with Crippen molar-refractivity contribution >= 4 is 41.3 Å². The molecule has 0 aromatic carbocycles. The number of guanidine groups is 1. The highest BCUT2D eigenvalue weighted by molar-refractivity contribution is 14.0. The molecule has 2 saturated heterocycles. The Morgan fingerprint density at radius 3 is 2.42 bits per heavy atom. The summed E-state index contributed by atoms with van der Waals surface area (Å²) in [6.45, 7) is 5.82. The maximum atomic E-state index is 12.7. The van der Waals surface area contributed by atoms with Crippen LogP contribution in [0, 0.1) is 0 Å². The maximum absolute atomic E-state index is 12.7. The molecule has 2 aliphatic heterocycles. The van der Waals surface area contributed by atoms with Crippen LogP contribution in [-0.2, 0) is 12.6 Å². The molecule has 1 aromatic rings. The van der Waals surface area contributed by atoms with Crippen molar-refractivity contribution in [3.63, 3.8) is 0 Å². The van der Waals surface area contributed by atoms with E-state index in [0.717, 1.165) is 62.3 Å². The quantitative estimate of drug-likeness (QED) is 0.310. The number of alkyl halides is 3. The molecule has 0 radical (unpaired) electrons. The molecule has 178 valence electrons. The van der Waals surface area contributed by atoms with Crippen molar-refractivity contribution in [3.8, 4) is 0 Å². The Hall–Kier alpha value is -0.660.